The summed E-state index contributed by atoms with van der Waals surface area (Å²) in [6.07, 6.45) is -2.50. The molecule has 1 aromatic carbocycles. The van der Waals surface area contributed by atoms with E-state index in [9.17, 15) is 13.2 Å². The van der Waals surface area contributed by atoms with Gasteiger partial charge < -0.3 is 5.32 Å². The highest BCUT2D eigenvalue weighted by molar-refractivity contribution is 5.14. The van der Waals surface area contributed by atoms with Crippen molar-refractivity contribution in [3.63, 3.8) is 0 Å². The molecule has 1 atom stereocenters. The van der Waals surface area contributed by atoms with Gasteiger partial charge in [-0.05, 0) is 24.9 Å². The van der Waals surface area contributed by atoms with Gasteiger partial charge in [0, 0.05) is 19.1 Å². The zero-order chi connectivity index (χ0) is 13.0. The maximum Gasteiger partial charge on any atom is 0.460 e. The smallest absolute Gasteiger partial charge is 0.313 e. The second-order valence-electron chi connectivity index (χ2n) is 4.63. The van der Waals surface area contributed by atoms with Gasteiger partial charge in [-0.2, -0.15) is 13.2 Å². The maximum absolute atomic E-state index is 13.0. The maximum atomic E-state index is 13.0. The number of nitrogens with zero attached hydrogens (tertiary/aromatic N) is 1. The summed E-state index contributed by atoms with van der Waals surface area (Å²) in [5, 5.41) is 3.10. The Morgan fingerprint density at radius 3 is 2.50 bits per heavy atom. The van der Waals surface area contributed by atoms with Gasteiger partial charge in [-0.1, -0.05) is 30.3 Å². The molecule has 100 valence electrons. The van der Waals surface area contributed by atoms with Gasteiger partial charge >= 0.3 is 6.30 Å². The summed E-state index contributed by atoms with van der Waals surface area (Å²) in [7, 11) is 0. The van der Waals surface area contributed by atoms with Gasteiger partial charge in [0.2, 0.25) is 0 Å². The zero-order valence-electron chi connectivity index (χ0n) is 10.1. The second kappa shape index (κ2) is 5.71. The number of hydrogen-bond acceptors (Lipinski definition) is 2. The molecule has 0 unspecified atom stereocenters. The van der Waals surface area contributed by atoms with Crippen molar-refractivity contribution >= 4 is 0 Å². The fourth-order valence-electron chi connectivity index (χ4n) is 2.24. The minimum atomic E-state index is -4.28. The van der Waals surface area contributed by atoms with Gasteiger partial charge in [-0.25, -0.2) is 4.90 Å². The Hall–Kier alpha value is -1.07. The van der Waals surface area contributed by atoms with Crippen LogP contribution in [0.15, 0.2) is 30.3 Å². The average molecular weight is 258 g/mol. The summed E-state index contributed by atoms with van der Waals surface area (Å²) in [5.41, 5.74) is 0.688. The van der Waals surface area contributed by atoms with Crippen molar-refractivity contribution < 1.29 is 13.2 Å². The van der Waals surface area contributed by atoms with E-state index in [0.717, 1.165) is 19.4 Å². The minimum absolute atomic E-state index is 0.0262. The number of halogens is 3. The molecule has 0 bridgehead atoms. The van der Waals surface area contributed by atoms with Crippen molar-refractivity contribution in [2.24, 2.45) is 0 Å². The molecule has 18 heavy (non-hydrogen) atoms. The van der Waals surface area contributed by atoms with Crippen molar-refractivity contribution in [3.8, 4) is 0 Å². The first kappa shape index (κ1) is 13.4. The van der Waals surface area contributed by atoms with Crippen LogP contribution in [0.5, 0.6) is 0 Å². The molecule has 1 N–H and O–H groups in total. The van der Waals surface area contributed by atoms with Crippen LogP contribution in [0.25, 0.3) is 0 Å². The largest absolute Gasteiger partial charge is 0.460 e. The molecule has 0 amide bonds. The number of hydrogen-bond donors (Lipinski definition) is 1. The highest BCUT2D eigenvalue weighted by atomic mass is 19.4. The van der Waals surface area contributed by atoms with Crippen LogP contribution < -0.4 is 5.32 Å². The summed E-state index contributed by atoms with van der Waals surface area (Å²) in [5.74, 6) is 0. The predicted octanol–water partition coefficient (Wildman–Crippen LogP) is 2.76. The third kappa shape index (κ3) is 3.71. The molecule has 2 rings (SSSR count). The first-order valence-electron chi connectivity index (χ1n) is 6.15. The van der Waals surface area contributed by atoms with Crippen LogP contribution >= 0.6 is 0 Å². The molecule has 5 heteroatoms. The van der Waals surface area contributed by atoms with E-state index >= 15 is 0 Å². The van der Waals surface area contributed by atoms with Gasteiger partial charge in [0.15, 0.2) is 0 Å². The van der Waals surface area contributed by atoms with Crippen molar-refractivity contribution in [2.75, 3.05) is 13.1 Å². The van der Waals surface area contributed by atoms with Gasteiger partial charge in [-0.3, -0.25) is 0 Å². The lowest BCUT2D eigenvalue weighted by molar-refractivity contribution is -0.250. The highest BCUT2D eigenvalue weighted by Crippen LogP contribution is 2.25. The van der Waals surface area contributed by atoms with Gasteiger partial charge in [0.1, 0.15) is 0 Å². The Morgan fingerprint density at radius 2 is 1.94 bits per heavy atom. The summed E-state index contributed by atoms with van der Waals surface area (Å²) < 4.78 is 38.9. The van der Waals surface area contributed by atoms with Gasteiger partial charge in [0.25, 0.3) is 0 Å². The first-order valence-corrected chi connectivity index (χ1v) is 6.15. The molecule has 1 heterocycles. The summed E-state index contributed by atoms with van der Waals surface area (Å²) in [6.45, 7) is 0.766. The number of rotatable bonds is 4. The molecule has 1 saturated heterocycles. The van der Waals surface area contributed by atoms with Gasteiger partial charge in [0.05, 0.1) is 0 Å². The monoisotopic (exact) mass is 258 g/mol. The van der Waals surface area contributed by atoms with Crippen molar-refractivity contribution in [1.82, 2.24) is 10.2 Å². The summed E-state index contributed by atoms with van der Waals surface area (Å²) in [4.78, 5) is 0.589. The van der Waals surface area contributed by atoms with Crippen LogP contribution in [0, 0.1) is 0 Å². The Bertz CT molecular complexity index is 358. The molecule has 1 aliphatic rings. The molecule has 1 aromatic rings. The molecule has 0 aliphatic carbocycles. The van der Waals surface area contributed by atoms with E-state index in [1.165, 1.54) is 0 Å². The molecule has 2 nitrogen and oxygen atoms in total. The zero-order valence-corrected chi connectivity index (χ0v) is 10.1. The van der Waals surface area contributed by atoms with Crippen molar-refractivity contribution in [2.45, 2.75) is 31.7 Å². The van der Waals surface area contributed by atoms with E-state index in [-0.39, 0.29) is 19.1 Å². The fraction of sp³-hybridized carbons (Fsp3) is 0.538. The molecule has 1 fully saturated rings. The number of benzene rings is 1. The minimum Gasteiger partial charge on any atom is -0.313 e. The molecule has 0 spiro atoms. The van der Waals surface area contributed by atoms with Crippen molar-refractivity contribution in [3.05, 3.63) is 35.9 Å². The van der Waals surface area contributed by atoms with E-state index in [1.807, 2.05) is 0 Å². The topological polar surface area (TPSA) is 15.3 Å². The number of nitrogens with one attached hydrogen (secondary N) is 1. The van der Waals surface area contributed by atoms with E-state index in [2.05, 4.69) is 5.32 Å². The van der Waals surface area contributed by atoms with Crippen LogP contribution in [-0.4, -0.2) is 30.3 Å². The molecular formula is C13H17F3N2. The van der Waals surface area contributed by atoms with E-state index < -0.39 is 6.30 Å². The van der Waals surface area contributed by atoms with E-state index in [0.29, 0.717) is 10.5 Å². The molecule has 0 aromatic heterocycles. The van der Waals surface area contributed by atoms with E-state index in [4.69, 9.17) is 0 Å². The van der Waals surface area contributed by atoms with Crippen LogP contribution in [0.1, 0.15) is 18.4 Å². The second-order valence-corrected chi connectivity index (χ2v) is 4.63. The van der Waals surface area contributed by atoms with Crippen LogP contribution in [0.3, 0.4) is 0 Å². The normalized spacial score (nSPS) is 20.6. The molecule has 0 radical (unpaired) electrons. The van der Waals surface area contributed by atoms with E-state index in [1.54, 1.807) is 30.3 Å². The number of alkyl halides is 3. The predicted molar refractivity (Wildman–Crippen MR) is 63.9 cm³/mol. The summed E-state index contributed by atoms with van der Waals surface area (Å²) >= 11 is 0. The Labute approximate surface area is 105 Å². The Kier molecular flexibility index (Phi) is 4.24. The van der Waals surface area contributed by atoms with Crippen LogP contribution in [0.4, 0.5) is 13.2 Å². The fourth-order valence-corrected chi connectivity index (χ4v) is 2.24. The standard InChI is InChI=1S/C13H17F3N2/c14-13(15,16)18(10-12-7-4-8-17-12)9-11-5-2-1-3-6-11/h1-3,5-6,12,17H,4,7-10H2/t12-/m1/s1. The molecule has 1 aliphatic heterocycles. The Morgan fingerprint density at radius 1 is 1.22 bits per heavy atom. The third-order valence-electron chi connectivity index (χ3n) is 3.18. The molecular weight excluding hydrogens is 241 g/mol. The lowest BCUT2D eigenvalue weighted by Crippen LogP contribution is -2.44. The lowest BCUT2D eigenvalue weighted by Gasteiger charge is -2.27. The SMILES string of the molecule is FC(F)(F)N(Cc1ccccc1)C[C@H]1CCCN1. The third-order valence-corrected chi connectivity index (χ3v) is 3.18. The first-order chi connectivity index (χ1) is 8.55. The van der Waals surface area contributed by atoms with Crippen LogP contribution in [0.2, 0.25) is 0 Å². The quantitative estimate of drug-likeness (QED) is 0.835. The Balaban J connectivity index is 2.01. The van der Waals surface area contributed by atoms with Crippen molar-refractivity contribution in [1.29, 1.82) is 0 Å². The lowest BCUT2D eigenvalue weighted by atomic mass is 10.2. The highest BCUT2D eigenvalue weighted by Gasteiger charge is 2.38. The molecule has 0 saturated carbocycles. The van der Waals surface area contributed by atoms with Gasteiger partial charge in [-0.15, -0.1) is 0 Å². The van der Waals surface area contributed by atoms with Crippen LogP contribution in [-0.2, 0) is 6.54 Å². The summed E-state index contributed by atoms with van der Waals surface area (Å²) in [6, 6.07) is 8.73. The average Bonchev–Trinajstić information content (AvgIpc) is 2.81.